The summed E-state index contributed by atoms with van der Waals surface area (Å²) >= 11 is 0. The number of nitrogens with one attached hydrogen (secondary N) is 1. The first-order chi connectivity index (χ1) is 16.8. The molecule has 6 nitrogen and oxygen atoms in total. The average Bonchev–Trinajstić information content (AvgIpc) is 3.45. The molecule has 1 saturated heterocycles. The largest absolute Gasteiger partial charge is 0.481 e. The predicted molar refractivity (Wildman–Crippen MR) is 132 cm³/mol. The number of benzene rings is 2. The number of halogens is 1. The van der Waals surface area contributed by atoms with E-state index in [1.807, 2.05) is 24.3 Å². The molecule has 3 aliphatic carbocycles. The van der Waals surface area contributed by atoms with Crippen LogP contribution in [-0.4, -0.2) is 31.2 Å². The number of carbonyl (C=O) groups is 1. The monoisotopic (exact) mass is 476 g/mol. The average molecular weight is 476 g/mol. The molecule has 1 aliphatic heterocycles. The summed E-state index contributed by atoms with van der Waals surface area (Å²) in [5.74, 6) is -0.0287. The molecule has 8 heteroatoms. The molecule has 3 saturated carbocycles. The smallest absolute Gasteiger partial charge is 0.464 e. The predicted octanol–water partition coefficient (Wildman–Crippen LogP) is 4.30. The van der Waals surface area contributed by atoms with Crippen molar-refractivity contribution in [3.8, 4) is 0 Å². The number of hydrogen-bond acceptors (Lipinski definition) is 5. The fourth-order valence-corrected chi connectivity index (χ4v) is 6.32. The number of nitrogens with two attached hydrogens (primary N) is 1. The van der Waals surface area contributed by atoms with E-state index in [0.717, 1.165) is 23.0 Å². The number of nitrogen functional groups attached to an aromatic ring is 1. The van der Waals surface area contributed by atoms with Crippen LogP contribution in [0.4, 0.5) is 10.1 Å². The van der Waals surface area contributed by atoms with E-state index in [0.29, 0.717) is 23.8 Å². The molecule has 182 valence electrons. The minimum atomic E-state index is -0.555. The van der Waals surface area contributed by atoms with Crippen molar-refractivity contribution in [2.24, 2.45) is 17.3 Å². The number of para-hydroxylation sites is 1. The summed E-state index contributed by atoms with van der Waals surface area (Å²) in [5.41, 5.74) is 8.25. The first-order valence-corrected chi connectivity index (χ1v) is 12.4. The van der Waals surface area contributed by atoms with Gasteiger partial charge < -0.3 is 24.8 Å². The number of hydrogen-bond donors (Lipinski definition) is 2. The Kier molecular flexibility index (Phi) is 5.42. The van der Waals surface area contributed by atoms with Crippen molar-refractivity contribution in [3.05, 3.63) is 65.7 Å². The summed E-state index contributed by atoms with van der Waals surface area (Å²) in [7, 11) is -0.555. The molecule has 7 rings (SSSR count). The van der Waals surface area contributed by atoms with Crippen molar-refractivity contribution in [1.82, 2.24) is 5.32 Å². The van der Waals surface area contributed by atoms with E-state index >= 15 is 0 Å². The summed E-state index contributed by atoms with van der Waals surface area (Å²) in [6.45, 7) is 4.64. The molecule has 4 unspecified atom stereocenters. The Morgan fingerprint density at radius 1 is 1.23 bits per heavy atom. The van der Waals surface area contributed by atoms with Crippen LogP contribution in [0.3, 0.4) is 0 Å². The van der Waals surface area contributed by atoms with Gasteiger partial charge in [0.25, 0.3) is 0 Å². The lowest BCUT2D eigenvalue weighted by Crippen LogP contribution is -2.59. The molecule has 0 radical (unpaired) electrons. The van der Waals surface area contributed by atoms with Crippen LogP contribution in [0.15, 0.2) is 53.1 Å². The van der Waals surface area contributed by atoms with Crippen LogP contribution in [-0.2, 0) is 26.9 Å². The van der Waals surface area contributed by atoms with Crippen LogP contribution >= 0.6 is 0 Å². The van der Waals surface area contributed by atoms with E-state index in [2.05, 4.69) is 19.2 Å². The molecule has 0 spiro atoms. The Hall–Kier alpha value is -2.84. The lowest BCUT2D eigenvalue weighted by molar-refractivity contribution is -0.150. The molecule has 5 atom stereocenters. The SMILES string of the molecule is CC1(C)C2C[C@H]1CC1OB(C(Cc3coc4ccccc34)NC(=O)Cc3ccc(N)c(F)c3)OC12. The topological polar surface area (TPSA) is 86.7 Å². The second kappa shape index (κ2) is 8.38. The summed E-state index contributed by atoms with van der Waals surface area (Å²) < 4.78 is 32.6. The summed E-state index contributed by atoms with van der Waals surface area (Å²) in [4.78, 5) is 13.1. The van der Waals surface area contributed by atoms with Crippen molar-refractivity contribution in [3.63, 3.8) is 0 Å². The highest BCUT2D eigenvalue weighted by Crippen LogP contribution is 2.61. The molecule has 4 aliphatic rings. The van der Waals surface area contributed by atoms with Gasteiger partial charge in [-0.1, -0.05) is 38.1 Å². The molecule has 4 fully saturated rings. The highest BCUT2D eigenvalue weighted by Gasteiger charge is 2.62. The Labute approximate surface area is 204 Å². The molecule has 3 N–H and O–H groups in total. The van der Waals surface area contributed by atoms with Crippen molar-refractivity contribution >= 4 is 29.7 Å². The normalized spacial score (nSPS) is 27.3. The van der Waals surface area contributed by atoms with Crippen LogP contribution in [0.2, 0.25) is 0 Å². The van der Waals surface area contributed by atoms with Gasteiger partial charge in [0.2, 0.25) is 5.91 Å². The zero-order chi connectivity index (χ0) is 24.3. The van der Waals surface area contributed by atoms with Gasteiger partial charge >= 0.3 is 7.12 Å². The molecule has 35 heavy (non-hydrogen) atoms. The van der Waals surface area contributed by atoms with Gasteiger partial charge in [-0.25, -0.2) is 4.39 Å². The number of amides is 1. The van der Waals surface area contributed by atoms with Crippen LogP contribution in [0.1, 0.15) is 37.8 Å². The van der Waals surface area contributed by atoms with Gasteiger partial charge in [0.05, 0.1) is 36.5 Å². The van der Waals surface area contributed by atoms with E-state index in [9.17, 15) is 9.18 Å². The van der Waals surface area contributed by atoms with E-state index < -0.39 is 18.9 Å². The standard InChI is InChI=1S/C27H30BFN2O4/c1-27(2)17-12-19(27)26-23(13-17)34-28(35-26)24(11-16-14-33-22-6-4-3-5-18(16)22)31-25(32)10-15-7-8-21(30)20(29)9-15/h3-9,14,17,19,23-24,26H,10-13,30H2,1-2H3,(H,31,32)/t17-,19?,23?,24?,26?/m0/s1. The third-order valence-electron chi connectivity index (χ3n) is 8.53. The number of furan rings is 1. The van der Waals surface area contributed by atoms with Crippen molar-refractivity contribution in [2.75, 3.05) is 5.73 Å². The molecular formula is C27H30BFN2O4. The number of carbonyl (C=O) groups excluding carboxylic acids is 1. The van der Waals surface area contributed by atoms with Crippen LogP contribution < -0.4 is 11.1 Å². The van der Waals surface area contributed by atoms with Gasteiger partial charge in [0.15, 0.2) is 0 Å². The van der Waals surface area contributed by atoms with Gasteiger partial charge in [0.1, 0.15) is 11.4 Å². The number of anilines is 1. The van der Waals surface area contributed by atoms with E-state index in [4.69, 9.17) is 19.5 Å². The molecule has 1 aromatic heterocycles. The van der Waals surface area contributed by atoms with Gasteiger partial charge in [-0.3, -0.25) is 4.79 Å². The van der Waals surface area contributed by atoms with Crippen LogP contribution in [0, 0.1) is 23.1 Å². The zero-order valence-corrected chi connectivity index (χ0v) is 20.0. The molecule has 2 aromatic carbocycles. The molecular weight excluding hydrogens is 446 g/mol. The quantitative estimate of drug-likeness (QED) is 0.409. The Morgan fingerprint density at radius 2 is 2.06 bits per heavy atom. The Balaban J connectivity index is 1.23. The van der Waals surface area contributed by atoms with E-state index in [1.54, 1.807) is 12.3 Å². The van der Waals surface area contributed by atoms with Crippen molar-refractivity contribution in [1.29, 1.82) is 0 Å². The van der Waals surface area contributed by atoms with Crippen molar-refractivity contribution < 1.29 is 22.9 Å². The summed E-state index contributed by atoms with van der Waals surface area (Å²) in [6.07, 6.45) is 4.55. The summed E-state index contributed by atoms with van der Waals surface area (Å²) in [6, 6.07) is 12.3. The highest BCUT2D eigenvalue weighted by atomic mass is 19.1. The minimum absolute atomic E-state index is 0.0388. The maximum absolute atomic E-state index is 13.9. The fourth-order valence-electron chi connectivity index (χ4n) is 6.32. The molecule has 2 heterocycles. The zero-order valence-electron chi connectivity index (χ0n) is 20.0. The minimum Gasteiger partial charge on any atom is -0.464 e. The van der Waals surface area contributed by atoms with Gasteiger partial charge in [0, 0.05) is 5.39 Å². The first kappa shape index (κ1) is 22.6. The second-order valence-corrected chi connectivity index (χ2v) is 10.9. The lowest BCUT2D eigenvalue weighted by Gasteiger charge is -2.60. The third-order valence-corrected chi connectivity index (χ3v) is 8.53. The van der Waals surface area contributed by atoms with Crippen LogP contribution in [0.25, 0.3) is 11.0 Å². The first-order valence-electron chi connectivity index (χ1n) is 12.4. The van der Waals surface area contributed by atoms with E-state index in [-0.39, 0.29) is 35.6 Å². The molecule has 2 bridgehead atoms. The Bertz CT molecular complexity index is 1280. The molecule has 3 aromatic rings. The Morgan fingerprint density at radius 3 is 2.86 bits per heavy atom. The number of fused-ring (bicyclic) bond motifs is 1. The van der Waals surface area contributed by atoms with Gasteiger partial charge in [-0.15, -0.1) is 0 Å². The summed E-state index contributed by atoms with van der Waals surface area (Å²) in [5, 5.41) is 4.12. The highest BCUT2D eigenvalue weighted by molar-refractivity contribution is 6.47. The molecule has 1 amide bonds. The van der Waals surface area contributed by atoms with E-state index in [1.165, 1.54) is 18.6 Å². The third kappa shape index (κ3) is 3.93. The lowest BCUT2D eigenvalue weighted by atomic mass is 9.47. The van der Waals surface area contributed by atoms with Crippen molar-refractivity contribution in [2.45, 2.75) is 57.7 Å². The number of rotatable bonds is 6. The van der Waals surface area contributed by atoms with Crippen LogP contribution in [0.5, 0.6) is 0 Å². The van der Waals surface area contributed by atoms with Gasteiger partial charge in [-0.2, -0.15) is 0 Å². The second-order valence-electron chi connectivity index (χ2n) is 10.9. The fraction of sp³-hybridized carbons (Fsp3) is 0.444. The maximum atomic E-state index is 13.9. The van der Waals surface area contributed by atoms with Gasteiger partial charge in [-0.05, 0) is 65.8 Å². The maximum Gasteiger partial charge on any atom is 0.481 e.